The highest BCUT2D eigenvalue weighted by molar-refractivity contribution is 5.94. The molecule has 3 rings (SSSR count). The fourth-order valence-electron chi connectivity index (χ4n) is 4.35. The smallest absolute Gasteiger partial charge is 0.323 e. The van der Waals surface area contributed by atoms with Gasteiger partial charge in [0, 0.05) is 6.04 Å². The lowest BCUT2D eigenvalue weighted by Crippen LogP contribution is -2.46. The van der Waals surface area contributed by atoms with Crippen LogP contribution in [-0.4, -0.2) is 49.1 Å². The van der Waals surface area contributed by atoms with Gasteiger partial charge in [-0.3, -0.25) is 14.5 Å². The Hall–Kier alpha value is -2.08. The molecule has 1 saturated heterocycles. The van der Waals surface area contributed by atoms with Crippen molar-refractivity contribution in [3.05, 3.63) is 24.3 Å². The average Bonchev–Trinajstić information content (AvgIpc) is 3.01. The van der Waals surface area contributed by atoms with Crippen molar-refractivity contribution in [1.29, 1.82) is 0 Å². The maximum absolute atomic E-state index is 12.7. The van der Waals surface area contributed by atoms with E-state index in [1.54, 1.807) is 0 Å². The summed E-state index contributed by atoms with van der Waals surface area (Å²) in [6, 6.07) is 7.38. The Morgan fingerprint density at radius 3 is 2.77 bits per heavy atom. The molecule has 1 aliphatic carbocycles. The number of benzene rings is 1. The van der Waals surface area contributed by atoms with E-state index in [0.29, 0.717) is 30.0 Å². The molecule has 1 aromatic rings. The van der Waals surface area contributed by atoms with Gasteiger partial charge in [0.1, 0.15) is 11.8 Å². The van der Waals surface area contributed by atoms with Crippen LogP contribution >= 0.6 is 0 Å². The predicted octanol–water partition coefficient (Wildman–Crippen LogP) is 2.83. The Labute approximate surface area is 154 Å². The van der Waals surface area contributed by atoms with Gasteiger partial charge in [0.15, 0.2) is 0 Å². The van der Waals surface area contributed by atoms with Crippen LogP contribution in [0.15, 0.2) is 24.3 Å². The third-order valence-electron chi connectivity index (χ3n) is 5.48. The fourth-order valence-corrected chi connectivity index (χ4v) is 4.35. The first-order chi connectivity index (χ1) is 12.6. The highest BCUT2D eigenvalue weighted by atomic mass is 16.5. The number of rotatable bonds is 6. The Morgan fingerprint density at radius 2 is 2.00 bits per heavy atom. The molecule has 1 amide bonds. The second-order valence-electron chi connectivity index (χ2n) is 7.04. The molecule has 1 saturated carbocycles. The number of methoxy groups -OCH3 is 1. The van der Waals surface area contributed by atoms with Gasteiger partial charge in [0.05, 0.1) is 25.9 Å². The summed E-state index contributed by atoms with van der Waals surface area (Å²) in [5, 5.41) is 2.94. The standard InChI is InChI=1S/C20H28N2O4/c1-3-26-18-11-7-5-9-15(18)21-19(23)13-22-16-10-6-4-8-14(16)12-17(22)20(24)25-2/h5,7,9,11,14,16-17H,3-4,6,8,10,12-13H2,1-2H3,(H,21,23)/t14-,16-,17-/m0/s1. The minimum absolute atomic E-state index is 0.128. The molecule has 0 bridgehead atoms. The highest BCUT2D eigenvalue weighted by Gasteiger charge is 2.46. The zero-order valence-corrected chi connectivity index (χ0v) is 15.6. The number of para-hydroxylation sites is 2. The Balaban J connectivity index is 1.71. The number of nitrogens with zero attached hydrogens (tertiary/aromatic N) is 1. The molecule has 1 aromatic carbocycles. The van der Waals surface area contributed by atoms with Crippen molar-refractivity contribution in [2.45, 2.75) is 51.1 Å². The molecule has 6 heteroatoms. The van der Waals surface area contributed by atoms with Crippen LogP contribution < -0.4 is 10.1 Å². The van der Waals surface area contributed by atoms with Crippen molar-refractivity contribution in [3.8, 4) is 5.75 Å². The molecule has 0 aromatic heterocycles. The molecule has 0 radical (unpaired) electrons. The SMILES string of the molecule is CCOc1ccccc1NC(=O)CN1[C@H](C(=O)OC)C[C@@H]2CCCC[C@@H]21. The third kappa shape index (κ3) is 4.01. The number of amides is 1. The van der Waals surface area contributed by atoms with E-state index >= 15 is 0 Å². The van der Waals surface area contributed by atoms with E-state index in [1.807, 2.05) is 36.1 Å². The molecule has 142 valence electrons. The van der Waals surface area contributed by atoms with Crippen LogP contribution in [-0.2, 0) is 14.3 Å². The van der Waals surface area contributed by atoms with Crippen LogP contribution in [0.25, 0.3) is 0 Å². The van der Waals surface area contributed by atoms with Gasteiger partial charge in [-0.25, -0.2) is 0 Å². The number of nitrogens with one attached hydrogen (secondary N) is 1. The zero-order valence-electron chi connectivity index (χ0n) is 15.6. The van der Waals surface area contributed by atoms with Gasteiger partial charge in [-0.15, -0.1) is 0 Å². The quantitative estimate of drug-likeness (QED) is 0.790. The molecule has 3 atom stereocenters. The van der Waals surface area contributed by atoms with E-state index in [0.717, 1.165) is 25.7 Å². The topological polar surface area (TPSA) is 67.9 Å². The van der Waals surface area contributed by atoms with Gasteiger partial charge in [0.25, 0.3) is 0 Å². The molecule has 0 spiro atoms. The van der Waals surface area contributed by atoms with Gasteiger partial charge in [0.2, 0.25) is 5.91 Å². The summed E-state index contributed by atoms with van der Waals surface area (Å²) in [5.74, 6) is 0.778. The number of carbonyl (C=O) groups is 2. The Morgan fingerprint density at radius 1 is 1.23 bits per heavy atom. The number of fused-ring (bicyclic) bond motifs is 1. The monoisotopic (exact) mass is 360 g/mol. The van der Waals surface area contributed by atoms with Crippen LogP contribution in [0, 0.1) is 5.92 Å². The van der Waals surface area contributed by atoms with Crippen LogP contribution in [0.1, 0.15) is 39.0 Å². The summed E-state index contributed by atoms with van der Waals surface area (Å²) in [4.78, 5) is 27.0. The lowest BCUT2D eigenvalue weighted by Gasteiger charge is -2.32. The summed E-state index contributed by atoms with van der Waals surface area (Å²) >= 11 is 0. The van der Waals surface area contributed by atoms with Gasteiger partial charge in [-0.1, -0.05) is 25.0 Å². The number of likely N-dealkylation sites (tertiary alicyclic amines) is 1. The zero-order chi connectivity index (χ0) is 18.5. The number of ether oxygens (including phenoxy) is 2. The average molecular weight is 360 g/mol. The van der Waals surface area contributed by atoms with Crippen LogP contribution in [0.2, 0.25) is 0 Å². The molecule has 1 heterocycles. The number of hydrogen-bond donors (Lipinski definition) is 1. The molecule has 6 nitrogen and oxygen atoms in total. The summed E-state index contributed by atoms with van der Waals surface area (Å²) in [7, 11) is 1.42. The van der Waals surface area contributed by atoms with E-state index in [4.69, 9.17) is 9.47 Å². The molecule has 26 heavy (non-hydrogen) atoms. The first-order valence-electron chi connectivity index (χ1n) is 9.49. The van der Waals surface area contributed by atoms with Gasteiger partial charge < -0.3 is 14.8 Å². The molecule has 0 unspecified atom stereocenters. The lowest BCUT2D eigenvalue weighted by molar-refractivity contribution is -0.146. The summed E-state index contributed by atoms with van der Waals surface area (Å²) < 4.78 is 10.6. The number of hydrogen-bond acceptors (Lipinski definition) is 5. The summed E-state index contributed by atoms with van der Waals surface area (Å²) in [5.41, 5.74) is 0.661. The number of anilines is 1. The van der Waals surface area contributed by atoms with Crippen molar-refractivity contribution in [2.75, 3.05) is 25.6 Å². The molecule has 2 aliphatic rings. The molecular weight excluding hydrogens is 332 g/mol. The van der Waals surface area contributed by atoms with E-state index in [-0.39, 0.29) is 24.5 Å². The van der Waals surface area contributed by atoms with E-state index < -0.39 is 0 Å². The normalized spacial score (nSPS) is 25.4. The maximum Gasteiger partial charge on any atom is 0.323 e. The van der Waals surface area contributed by atoms with Crippen LogP contribution in [0.4, 0.5) is 5.69 Å². The Bertz CT molecular complexity index is 648. The van der Waals surface area contributed by atoms with E-state index in [2.05, 4.69) is 5.32 Å². The first kappa shape index (κ1) is 18.7. The van der Waals surface area contributed by atoms with Crippen molar-refractivity contribution in [2.24, 2.45) is 5.92 Å². The summed E-state index contributed by atoms with van der Waals surface area (Å²) in [6.45, 7) is 2.64. The van der Waals surface area contributed by atoms with E-state index in [1.165, 1.54) is 13.5 Å². The lowest BCUT2D eigenvalue weighted by atomic mass is 9.85. The minimum atomic E-state index is -0.319. The molecule has 1 aliphatic heterocycles. The van der Waals surface area contributed by atoms with Crippen molar-refractivity contribution < 1.29 is 19.1 Å². The van der Waals surface area contributed by atoms with E-state index in [9.17, 15) is 9.59 Å². The van der Waals surface area contributed by atoms with Crippen molar-refractivity contribution in [1.82, 2.24) is 4.90 Å². The number of carbonyl (C=O) groups excluding carboxylic acids is 2. The second kappa shape index (κ2) is 8.54. The second-order valence-corrected chi connectivity index (χ2v) is 7.04. The largest absolute Gasteiger partial charge is 0.492 e. The van der Waals surface area contributed by atoms with Crippen molar-refractivity contribution >= 4 is 17.6 Å². The van der Waals surface area contributed by atoms with Crippen molar-refractivity contribution in [3.63, 3.8) is 0 Å². The number of esters is 1. The first-order valence-corrected chi connectivity index (χ1v) is 9.49. The predicted molar refractivity (Wildman–Crippen MR) is 99.1 cm³/mol. The maximum atomic E-state index is 12.7. The summed E-state index contributed by atoms with van der Waals surface area (Å²) in [6.07, 6.45) is 5.32. The third-order valence-corrected chi connectivity index (χ3v) is 5.48. The molecule has 2 fully saturated rings. The molecule has 1 N–H and O–H groups in total. The van der Waals surface area contributed by atoms with Crippen LogP contribution in [0.5, 0.6) is 5.75 Å². The fraction of sp³-hybridized carbons (Fsp3) is 0.600. The van der Waals surface area contributed by atoms with Gasteiger partial charge in [-0.05, 0) is 44.2 Å². The van der Waals surface area contributed by atoms with Gasteiger partial charge in [-0.2, -0.15) is 0 Å². The molecular formula is C20H28N2O4. The highest BCUT2D eigenvalue weighted by Crippen LogP contribution is 2.40. The van der Waals surface area contributed by atoms with Gasteiger partial charge >= 0.3 is 5.97 Å². The Kier molecular flexibility index (Phi) is 6.14. The van der Waals surface area contributed by atoms with Crippen LogP contribution in [0.3, 0.4) is 0 Å². The minimum Gasteiger partial charge on any atom is -0.492 e.